The van der Waals surface area contributed by atoms with Crippen molar-refractivity contribution in [3.8, 4) is 5.75 Å². The minimum absolute atomic E-state index is 0.0597. The maximum Gasteiger partial charge on any atom is 0.119 e. The standard InChI is InChI=1S/C18H18N2O/c1-21-16-8-7-13-4-2-5-14(17(13)11-16)10-18(19)15-6-3-9-20-12-15/h2-9,11-12,18H,10,19H2,1H3. The molecule has 0 amide bonds. The highest BCUT2D eigenvalue weighted by Crippen LogP contribution is 2.26. The first-order valence-electron chi connectivity index (χ1n) is 6.99. The Labute approximate surface area is 124 Å². The first-order valence-corrected chi connectivity index (χ1v) is 6.99. The summed E-state index contributed by atoms with van der Waals surface area (Å²) in [6, 6.07) is 16.3. The Balaban J connectivity index is 1.96. The van der Waals surface area contributed by atoms with Crippen molar-refractivity contribution in [3.05, 3.63) is 72.1 Å². The van der Waals surface area contributed by atoms with Gasteiger partial charge in [-0.05, 0) is 46.5 Å². The number of hydrogen-bond acceptors (Lipinski definition) is 3. The molecule has 2 N–H and O–H groups in total. The fourth-order valence-electron chi connectivity index (χ4n) is 2.57. The monoisotopic (exact) mass is 278 g/mol. The molecule has 1 atom stereocenters. The summed E-state index contributed by atoms with van der Waals surface area (Å²) in [7, 11) is 1.69. The fourth-order valence-corrected chi connectivity index (χ4v) is 2.57. The number of aromatic nitrogens is 1. The van der Waals surface area contributed by atoms with Crippen molar-refractivity contribution in [2.75, 3.05) is 7.11 Å². The summed E-state index contributed by atoms with van der Waals surface area (Å²) < 4.78 is 5.33. The van der Waals surface area contributed by atoms with Crippen molar-refractivity contribution >= 4 is 10.8 Å². The van der Waals surface area contributed by atoms with Gasteiger partial charge in [-0.1, -0.05) is 30.3 Å². The van der Waals surface area contributed by atoms with E-state index in [9.17, 15) is 0 Å². The van der Waals surface area contributed by atoms with Gasteiger partial charge in [0, 0.05) is 18.4 Å². The molecule has 106 valence electrons. The molecule has 0 aliphatic carbocycles. The van der Waals surface area contributed by atoms with Gasteiger partial charge in [0.2, 0.25) is 0 Å². The molecule has 0 aliphatic rings. The van der Waals surface area contributed by atoms with E-state index < -0.39 is 0 Å². The van der Waals surface area contributed by atoms with Gasteiger partial charge in [-0.15, -0.1) is 0 Å². The van der Waals surface area contributed by atoms with E-state index in [0.717, 1.165) is 17.7 Å². The molecule has 3 heteroatoms. The lowest BCUT2D eigenvalue weighted by Gasteiger charge is -2.14. The van der Waals surface area contributed by atoms with E-state index >= 15 is 0 Å². The first kappa shape index (κ1) is 13.6. The van der Waals surface area contributed by atoms with Crippen LogP contribution in [0.3, 0.4) is 0 Å². The van der Waals surface area contributed by atoms with E-state index in [-0.39, 0.29) is 6.04 Å². The summed E-state index contributed by atoms with van der Waals surface area (Å²) in [5, 5.41) is 2.39. The molecule has 2 aromatic carbocycles. The Kier molecular flexibility index (Phi) is 3.84. The smallest absolute Gasteiger partial charge is 0.119 e. The molecule has 3 nitrogen and oxygen atoms in total. The first-order chi connectivity index (χ1) is 10.3. The largest absolute Gasteiger partial charge is 0.497 e. The second-order valence-electron chi connectivity index (χ2n) is 5.10. The highest BCUT2D eigenvalue weighted by Gasteiger charge is 2.10. The molecule has 1 heterocycles. The predicted octanol–water partition coefficient (Wildman–Crippen LogP) is 3.49. The van der Waals surface area contributed by atoms with Crippen LogP contribution < -0.4 is 10.5 Å². The Morgan fingerprint density at radius 1 is 1.14 bits per heavy atom. The van der Waals surface area contributed by atoms with Gasteiger partial charge in [-0.3, -0.25) is 4.98 Å². The van der Waals surface area contributed by atoms with E-state index in [1.807, 2.05) is 24.4 Å². The van der Waals surface area contributed by atoms with Crippen molar-refractivity contribution in [3.63, 3.8) is 0 Å². The van der Waals surface area contributed by atoms with E-state index in [2.05, 4.69) is 35.3 Å². The Bertz CT molecular complexity index is 741. The Hall–Kier alpha value is -2.39. The number of nitrogens with two attached hydrogens (primary N) is 1. The van der Waals surface area contributed by atoms with Gasteiger partial charge >= 0.3 is 0 Å². The molecule has 0 aliphatic heterocycles. The molecule has 0 radical (unpaired) electrons. The van der Waals surface area contributed by atoms with Gasteiger partial charge in [0.1, 0.15) is 5.75 Å². The summed E-state index contributed by atoms with van der Waals surface area (Å²) in [6.07, 6.45) is 4.37. The third-order valence-electron chi connectivity index (χ3n) is 3.73. The number of ether oxygens (including phenoxy) is 1. The second-order valence-corrected chi connectivity index (χ2v) is 5.10. The van der Waals surface area contributed by atoms with E-state index in [0.29, 0.717) is 0 Å². The highest BCUT2D eigenvalue weighted by molar-refractivity contribution is 5.87. The number of nitrogens with zero attached hydrogens (tertiary/aromatic N) is 1. The lowest BCUT2D eigenvalue weighted by atomic mass is 9.96. The maximum absolute atomic E-state index is 6.32. The molecule has 1 unspecified atom stereocenters. The molecular formula is C18H18N2O. The zero-order valence-corrected chi connectivity index (χ0v) is 12.0. The number of fused-ring (bicyclic) bond motifs is 1. The van der Waals surface area contributed by atoms with E-state index in [1.165, 1.54) is 16.3 Å². The SMILES string of the molecule is COc1ccc2cccc(CC(N)c3cccnc3)c2c1. The lowest BCUT2D eigenvalue weighted by molar-refractivity contribution is 0.415. The topological polar surface area (TPSA) is 48.1 Å². The molecule has 21 heavy (non-hydrogen) atoms. The van der Waals surface area contributed by atoms with Crippen molar-refractivity contribution in [1.29, 1.82) is 0 Å². The van der Waals surface area contributed by atoms with Crippen LogP contribution in [0, 0.1) is 0 Å². The molecule has 0 saturated heterocycles. The van der Waals surface area contributed by atoms with Crippen molar-refractivity contribution in [2.45, 2.75) is 12.5 Å². The van der Waals surface area contributed by atoms with Crippen molar-refractivity contribution in [1.82, 2.24) is 4.98 Å². The molecular weight excluding hydrogens is 260 g/mol. The van der Waals surface area contributed by atoms with Gasteiger partial charge in [-0.25, -0.2) is 0 Å². The number of hydrogen-bond donors (Lipinski definition) is 1. The van der Waals surface area contributed by atoms with E-state index in [4.69, 9.17) is 10.5 Å². The van der Waals surface area contributed by atoms with Crippen LogP contribution in [0.2, 0.25) is 0 Å². The molecule has 3 rings (SSSR count). The number of benzene rings is 2. The summed E-state index contributed by atoms with van der Waals surface area (Å²) in [6.45, 7) is 0. The fraction of sp³-hybridized carbons (Fsp3) is 0.167. The van der Waals surface area contributed by atoms with Crippen LogP contribution in [0.5, 0.6) is 5.75 Å². The van der Waals surface area contributed by atoms with Crippen molar-refractivity contribution in [2.24, 2.45) is 5.73 Å². The highest BCUT2D eigenvalue weighted by atomic mass is 16.5. The quantitative estimate of drug-likeness (QED) is 0.794. The average molecular weight is 278 g/mol. The molecule has 0 bridgehead atoms. The van der Waals surface area contributed by atoms with Crippen LogP contribution >= 0.6 is 0 Å². The molecule has 1 aromatic heterocycles. The zero-order chi connectivity index (χ0) is 14.7. The van der Waals surface area contributed by atoms with Gasteiger partial charge in [-0.2, -0.15) is 0 Å². The summed E-state index contributed by atoms with van der Waals surface area (Å²) in [5.41, 5.74) is 8.60. The summed E-state index contributed by atoms with van der Waals surface area (Å²) in [5.74, 6) is 0.866. The third-order valence-corrected chi connectivity index (χ3v) is 3.73. The van der Waals surface area contributed by atoms with Gasteiger partial charge in [0.05, 0.1) is 7.11 Å². The third kappa shape index (κ3) is 2.88. The maximum atomic E-state index is 6.32. The van der Waals surface area contributed by atoms with Crippen LogP contribution in [-0.2, 0) is 6.42 Å². The normalized spacial score (nSPS) is 12.3. The van der Waals surface area contributed by atoms with Gasteiger partial charge in [0.25, 0.3) is 0 Å². The van der Waals surface area contributed by atoms with Crippen LogP contribution in [0.4, 0.5) is 0 Å². The van der Waals surface area contributed by atoms with Gasteiger partial charge in [0.15, 0.2) is 0 Å². The van der Waals surface area contributed by atoms with Crippen LogP contribution in [-0.4, -0.2) is 12.1 Å². The second kappa shape index (κ2) is 5.94. The summed E-state index contributed by atoms with van der Waals surface area (Å²) in [4.78, 5) is 4.14. The average Bonchev–Trinajstić information content (AvgIpc) is 2.55. The van der Waals surface area contributed by atoms with Crippen LogP contribution in [0.1, 0.15) is 17.2 Å². The molecule has 0 saturated carbocycles. The number of rotatable bonds is 4. The number of pyridine rings is 1. The van der Waals surface area contributed by atoms with Crippen LogP contribution in [0.15, 0.2) is 60.9 Å². The Morgan fingerprint density at radius 3 is 2.81 bits per heavy atom. The molecule has 0 fully saturated rings. The van der Waals surface area contributed by atoms with Crippen molar-refractivity contribution < 1.29 is 4.74 Å². The molecule has 0 spiro atoms. The zero-order valence-electron chi connectivity index (χ0n) is 12.0. The van der Waals surface area contributed by atoms with Gasteiger partial charge < -0.3 is 10.5 Å². The minimum atomic E-state index is -0.0597. The van der Waals surface area contributed by atoms with Crippen LogP contribution in [0.25, 0.3) is 10.8 Å². The minimum Gasteiger partial charge on any atom is -0.497 e. The summed E-state index contributed by atoms with van der Waals surface area (Å²) >= 11 is 0. The predicted molar refractivity (Wildman–Crippen MR) is 85.4 cm³/mol. The Morgan fingerprint density at radius 2 is 2.05 bits per heavy atom. The van der Waals surface area contributed by atoms with E-state index in [1.54, 1.807) is 13.3 Å². The lowest BCUT2D eigenvalue weighted by Crippen LogP contribution is -2.13. The molecule has 3 aromatic rings. The number of methoxy groups -OCH3 is 1.